The molecule has 10 amide bonds. The van der Waals surface area contributed by atoms with Crippen molar-refractivity contribution in [3.05, 3.63) is 65.7 Å². The molecule has 2 aliphatic heterocycles. The predicted molar refractivity (Wildman–Crippen MR) is 299 cm³/mol. The van der Waals surface area contributed by atoms with Crippen LogP contribution in [0.3, 0.4) is 0 Å². The monoisotopic (exact) mass is 1140 g/mol. The maximum absolute atomic E-state index is 15.0. The standard InChI is InChI=1S/C53H77N13O11S2/c1-4-65-40(26-33-17-19-34(67)20-18-33)49(75)61-36(25-32-13-7-5-8-14-32)47(73)64-44(31(2)3)50(76)62-37(27-41(54)68)46(72)63-38(30-78-79-53(28-43(65)70)21-9-6-10-22-53)51(77)66-24-12-16-39(66)48(74)60-35(15-11-23-58-52(56)57)45(71)59-29-42(55)69/h5,7-8,13-14,17-20,31,35-40,44,67H,4,6,9-12,15-16,21-30H2,1-3H3,(H2,54,68)(H2,55,69)(H,59,71)(H,60,74)(H,61,75)(H,62,76)(H,63,72)(H,64,73)(H4,56,57,58)/t35-,36-,37-,38+,39-,40+,44-/m0/s1. The van der Waals surface area contributed by atoms with Gasteiger partial charge in [0.15, 0.2) is 5.96 Å². The van der Waals surface area contributed by atoms with Crippen LogP contribution in [0.5, 0.6) is 5.75 Å². The van der Waals surface area contributed by atoms with Crippen LogP contribution >= 0.6 is 21.6 Å². The van der Waals surface area contributed by atoms with Crippen molar-refractivity contribution in [2.75, 3.05) is 31.9 Å². The molecule has 7 atom stereocenters. The summed E-state index contributed by atoms with van der Waals surface area (Å²) in [6.45, 7) is 4.82. The van der Waals surface area contributed by atoms with Crippen molar-refractivity contribution in [3.8, 4) is 5.75 Å². The number of hydrogen-bond acceptors (Lipinski definition) is 14. The van der Waals surface area contributed by atoms with Crippen molar-refractivity contribution < 1.29 is 53.1 Å². The molecule has 0 radical (unpaired) electrons. The third-order valence-electron chi connectivity index (χ3n) is 14.1. The average molecular weight is 1140 g/mol. The largest absolute Gasteiger partial charge is 0.508 e. The highest BCUT2D eigenvalue weighted by molar-refractivity contribution is 8.77. The Kier molecular flexibility index (Phi) is 24.1. The second-order valence-electron chi connectivity index (χ2n) is 20.5. The summed E-state index contributed by atoms with van der Waals surface area (Å²) in [5, 5.41) is 26.2. The van der Waals surface area contributed by atoms with Gasteiger partial charge in [0.2, 0.25) is 59.1 Å². The summed E-state index contributed by atoms with van der Waals surface area (Å²) >= 11 is 0. The summed E-state index contributed by atoms with van der Waals surface area (Å²) < 4.78 is -0.725. The number of likely N-dealkylation sites (tertiary alicyclic amines) is 1. The minimum absolute atomic E-state index is 0.00222. The number of guanidine groups is 1. The molecule has 0 unspecified atom stereocenters. The van der Waals surface area contributed by atoms with Crippen LogP contribution in [0.2, 0.25) is 0 Å². The summed E-state index contributed by atoms with van der Waals surface area (Å²) in [6.07, 6.45) is 3.68. The van der Waals surface area contributed by atoms with Crippen LogP contribution in [0.1, 0.15) is 103 Å². The van der Waals surface area contributed by atoms with Crippen LogP contribution in [-0.2, 0) is 60.8 Å². The number of benzene rings is 2. The van der Waals surface area contributed by atoms with Gasteiger partial charge in [-0.05, 0) is 74.6 Å². The van der Waals surface area contributed by atoms with Crippen LogP contribution in [0.25, 0.3) is 0 Å². The Morgan fingerprint density at radius 1 is 0.797 bits per heavy atom. The maximum atomic E-state index is 15.0. The van der Waals surface area contributed by atoms with E-state index >= 15 is 0 Å². The molecule has 26 heteroatoms. The molecule has 0 bridgehead atoms. The van der Waals surface area contributed by atoms with Crippen LogP contribution < -0.4 is 54.8 Å². The molecule has 79 heavy (non-hydrogen) atoms. The Hall–Kier alpha value is -7.09. The smallest absolute Gasteiger partial charge is 0.246 e. The van der Waals surface area contributed by atoms with E-state index in [1.54, 1.807) is 63.2 Å². The highest BCUT2D eigenvalue weighted by Gasteiger charge is 2.43. The molecule has 3 fully saturated rings. The number of aliphatic imine (C=N–C) groups is 1. The molecule has 15 N–H and O–H groups in total. The van der Waals surface area contributed by atoms with E-state index in [-0.39, 0.29) is 81.5 Å². The zero-order chi connectivity index (χ0) is 57.8. The van der Waals surface area contributed by atoms with Gasteiger partial charge in [-0.25, -0.2) is 0 Å². The van der Waals surface area contributed by atoms with E-state index in [1.165, 1.54) is 43.5 Å². The Bertz CT molecular complexity index is 2510. The Morgan fingerprint density at radius 2 is 1.46 bits per heavy atom. The van der Waals surface area contributed by atoms with E-state index in [9.17, 15) is 53.1 Å². The number of primary amides is 2. The fourth-order valence-corrected chi connectivity index (χ4v) is 13.3. The second kappa shape index (κ2) is 30.3. The number of likely N-dealkylation sites (N-methyl/N-ethyl adjacent to an activating group) is 1. The summed E-state index contributed by atoms with van der Waals surface area (Å²) in [5.41, 5.74) is 23.1. The molecule has 1 saturated carbocycles. The summed E-state index contributed by atoms with van der Waals surface area (Å²) in [7, 11) is 2.60. The van der Waals surface area contributed by atoms with Crippen molar-refractivity contribution >= 4 is 86.6 Å². The molecule has 3 aliphatic rings. The number of aromatic hydroxyl groups is 1. The average Bonchev–Trinajstić information content (AvgIpc) is 3.96. The van der Waals surface area contributed by atoms with Gasteiger partial charge in [0.1, 0.15) is 48.0 Å². The molecule has 2 aromatic rings. The van der Waals surface area contributed by atoms with Crippen molar-refractivity contribution in [1.82, 2.24) is 41.7 Å². The second-order valence-corrected chi connectivity index (χ2v) is 23.3. The third kappa shape index (κ3) is 19.1. The van der Waals surface area contributed by atoms with Crippen LogP contribution in [-0.4, -0.2) is 159 Å². The maximum Gasteiger partial charge on any atom is 0.246 e. The zero-order valence-electron chi connectivity index (χ0n) is 45.0. The molecule has 2 heterocycles. The SMILES string of the molecule is CCN1C(=O)CC2(CCCCC2)SSC[C@H](C(=O)N2CCC[C@H]2C(=O)N[C@@H](CCCN=C(N)N)C(=O)NCC(N)=O)NC(=O)[C@H](CC(N)=O)NC(=O)[C@H](C(C)C)NC(=O)[C@H](Cc2ccccc2)NC(=O)[C@H]1Cc1ccc(O)cc1. The van der Waals surface area contributed by atoms with Crippen LogP contribution in [0.4, 0.5) is 0 Å². The van der Waals surface area contributed by atoms with Gasteiger partial charge in [-0.3, -0.25) is 52.9 Å². The van der Waals surface area contributed by atoms with Gasteiger partial charge in [0, 0.05) is 49.4 Å². The fourth-order valence-electron chi connectivity index (χ4n) is 9.94. The minimum Gasteiger partial charge on any atom is -0.508 e. The fraction of sp³-hybridized carbons (Fsp3) is 0.566. The zero-order valence-corrected chi connectivity index (χ0v) is 46.7. The van der Waals surface area contributed by atoms with Crippen molar-refractivity contribution in [2.24, 2.45) is 33.8 Å². The number of rotatable bonds is 18. The van der Waals surface area contributed by atoms with Gasteiger partial charge >= 0.3 is 0 Å². The number of nitrogens with one attached hydrogen (secondary N) is 6. The van der Waals surface area contributed by atoms with Gasteiger partial charge in [-0.1, -0.05) is 97.2 Å². The van der Waals surface area contributed by atoms with E-state index in [2.05, 4.69) is 36.9 Å². The molecule has 5 rings (SSSR count). The quantitative estimate of drug-likeness (QED) is 0.0387. The van der Waals surface area contributed by atoms with Crippen molar-refractivity contribution in [1.29, 1.82) is 0 Å². The molecule has 1 aliphatic carbocycles. The van der Waals surface area contributed by atoms with Crippen molar-refractivity contribution in [2.45, 2.75) is 151 Å². The van der Waals surface area contributed by atoms with E-state index in [0.717, 1.165) is 19.3 Å². The van der Waals surface area contributed by atoms with Gasteiger partial charge in [0.05, 0.1) is 13.0 Å². The van der Waals surface area contributed by atoms with Gasteiger partial charge in [-0.2, -0.15) is 0 Å². The Labute approximate surface area is 468 Å². The summed E-state index contributed by atoms with van der Waals surface area (Å²) in [5.74, 6) is -8.45. The van der Waals surface area contributed by atoms with Crippen LogP contribution in [0, 0.1) is 5.92 Å². The molecule has 0 aromatic heterocycles. The third-order valence-corrected chi connectivity index (χ3v) is 17.4. The number of nitrogens with two attached hydrogens (primary N) is 4. The number of carbonyl (C=O) groups excluding carboxylic acids is 10. The van der Waals surface area contributed by atoms with Crippen molar-refractivity contribution in [3.63, 3.8) is 0 Å². The van der Waals surface area contributed by atoms with Crippen LogP contribution in [0.15, 0.2) is 59.6 Å². The first-order chi connectivity index (χ1) is 37.6. The minimum atomic E-state index is -1.67. The number of phenolic OH excluding ortho intramolecular Hbond substituents is 1. The molecule has 24 nitrogen and oxygen atoms in total. The molecular weight excluding hydrogens is 1060 g/mol. The van der Waals surface area contributed by atoms with Gasteiger partial charge in [-0.15, -0.1) is 0 Å². The summed E-state index contributed by atoms with van der Waals surface area (Å²) in [4.78, 5) is 147. The van der Waals surface area contributed by atoms with E-state index in [4.69, 9.17) is 22.9 Å². The Balaban J connectivity index is 1.55. The molecule has 1 spiro atoms. The number of phenols is 1. The Morgan fingerprint density at radius 3 is 2.09 bits per heavy atom. The first kappa shape index (κ1) is 62.7. The lowest BCUT2D eigenvalue weighted by Gasteiger charge is -2.39. The van der Waals surface area contributed by atoms with E-state index < -0.39 is 119 Å². The molecular formula is C53H77N13O11S2. The van der Waals surface area contributed by atoms with Gasteiger partial charge in [0.25, 0.3) is 0 Å². The topological polar surface area (TPSA) is 386 Å². The van der Waals surface area contributed by atoms with E-state index in [0.29, 0.717) is 30.4 Å². The number of amides is 10. The number of nitrogens with zero attached hydrogens (tertiary/aromatic N) is 3. The normalized spacial score (nSPS) is 23.1. The lowest BCUT2D eigenvalue weighted by molar-refractivity contribution is -0.142. The lowest BCUT2D eigenvalue weighted by Crippen LogP contribution is -2.62. The molecule has 2 saturated heterocycles. The first-order valence-electron chi connectivity index (χ1n) is 26.7. The summed E-state index contributed by atoms with van der Waals surface area (Å²) in [6, 6.07) is 5.92. The predicted octanol–water partition coefficient (Wildman–Crippen LogP) is -0.516. The number of carbonyl (C=O) groups is 10. The van der Waals surface area contributed by atoms with E-state index in [1.807, 2.05) is 0 Å². The first-order valence-corrected chi connectivity index (χ1v) is 29.1. The lowest BCUT2D eigenvalue weighted by atomic mass is 9.85. The molecule has 432 valence electrons. The highest BCUT2D eigenvalue weighted by atomic mass is 33.1. The number of hydrogen-bond donors (Lipinski definition) is 11. The van der Waals surface area contributed by atoms with Gasteiger partial charge < -0.3 is 69.7 Å². The highest BCUT2D eigenvalue weighted by Crippen LogP contribution is 2.49. The molecule has 2 aromatic carbocycles.